The van der Waals surface area contributed by atoms with E-state index in [0.29, 0.717) is 17.1 Å². The molecule has 7 heteroatoms. The predicted molar refractivity (Wildman–Crippen MR) is 219 cm³/mol. The van der Waals surface area contributed by atoms with Crippen LogP contribution in [0.1, 0.15) is 15.2 Å². The van der Waals surface area contributed by atoms with Gasteiger partial charge in [-0.1, -0.05) is 121 Å². The van der Waals surface area contributed by atoms with Crippen LogP contribution in [-0.2, 0) is 0 Å². The number of nitrogens with zero attached hydrogens (tertiary/aromatic N) is 5. The molecule has 0 aliphatic heterocycles. The Morgan fingerprint density at radius 3 is 1.87 bits per heavy atom. The number of aryl methyl sites for hydroxylation is 2. The van der Waals surface area contributed by atoms with Gasteiger partial charge in [-0.05, 0) is 88.1 Å². The molecule has 0 N–H and O–H groups in total. The summed E-state index contributed by atoms with van der Waals surface area (Å²) in [5, 5.41) is 4.70. The maximum Gasteiger partial charge on any atom is 0.307 e. The smallest absolute Gasteiger partial charge is 0.307 e. The zero-order chi connectivity index (χ0) is 37.8. The van der Waals surface area contributed by atoms with Gasteiger partial charge in [-0.15, -0.1) is 0 Å². The minimum atomic E-state index is -3.17. The van der Waals surface area contributed by atoms with E-state index in [2.05, 4.69) is 154 Å². The van der Waals surface area contributed by atoms with Crippen molar-refractivity contribution in [2.24, 2.45) is 0 Å². The summed E-state index contributed by atoms with van der Waals surface area (Å²) in [7, 11) is -3.17. The molecule has 53 heavy (non-hydrogen) atoms. The Morgan fingerprint density at radius 1 is 0.528 bits per heavy atom. The van der Waals surface area contributed by atoms with Crippen LogP contribution in [0, 0.1) is 13.8 Å². The van der Waals surface area contributed by atoms with Crippen molar-refractivity contribution in [1.82, 2.24) is 23.3 Å². The lowest BCUT2D eigenvalue weighted by Gasteiger charge is -2.34. The van der Waals surface area contributed by atoms with Crippen LogP contribution in [0.15, 0.2) is 168 Å². The largest absolute Gasteiger partial charge is 0.423 e. The summed E-state index contributed by atoms with van der Waals surface area (Å²) in [6, 6.07) is 56.8. The normalized spacial score (nSPS) is 13.4. The number of hydrogen-bond donors (Lipinski definition) is 0. The maximum atomic E-state index is 8.30. The maximum absolute atomic E-state index is 8.30. The van der Waals surface area contributed by atoms with Crippen molar-refractivity contribution < 1.29 is 8.53 Å². The average molecular weight is 703 g/mol. The molecular weight excluding hydrogens is 667 g/mol. The SMILES string of the molecule is [2H]C([2H])([2H])c1cccc2c1nc1n(-c3cccc([Si](c4ccccc4)(c4ccccc4)c4cccc5c4oc4nc6c(C)cccc6n45)c3)c3ccccc3n21. The van der Waals surface area contributed by atoms with Gasteiger partial charge >= 0.3 is 5.84 Å². The zero-order valence-corrected chi connectivity index (χ0v) is 29.7. The van der Waals surface area contributed by atoms with E-state index in [4.69, 9.17) is 18.5 Å². The van der Waals surface area contributed by atoms with Gasteiger partial charge in [0.1, 0.15) is 0 Å². The summed E-state index contributed by atoms with van der Waals surface area (Å²) in [6.45, 7) is -0.228. The Morgan fingerprint density at radius 2 is 1.11 bits per heavy atom. The molecule has 0 aliphatic rings. The summed E-state index contributed by atoms with van der Waals surface area (Å²) in [4.78, 5) is 10.1. The highest BCUT2D eigenvalue weighted by Crippen LogP contribution is 2.31. The van der Waals surface area contributed by atoms with Gasteiger partial charge in [0, 0.05) is 9.80 Å². The Bertz CT molecular complexity index is 3280. The van der Waals surface area contributed by atoms with E-state index >= 15 is 0 Å². The van der Waals surface area contributed by atoms with Crippen molar-refractivity contribution in [3.8, 4) is 5.69 Å². The van der Waals surface area contributed by atoms with Gasteiger partial charge in [-0.25, -0.2) is 4.98 Å². The lowest BCUT2D eigenvalue weighted by Crippen LogP contribution is -2.74. The fourth-order valence-corrected chi connectivity index (χ4v) is 13.5. The Hall–Kier alpha value is -6.70. The molecule has 0 radical (unpaired) electrons. The molecule has 11 rings (SSSR count). The second kappa shape index (κ2) is 11.1. The topological polar surface area (TPSA) is 52.7 Å². The van der Waals surface area contributed by atoms with Crippen molar-refractivity contribution in [3.05, 3.63) is 175 Å². The second-order valence-electron chi connectivity index (χ2n) is 13.7. The second-order valence-corrected chi connectivity index (χ2v) is 17.5. The molecule has 0 amide bonds. The number of oxazole rings is 1. The number of benzene rings is 7. The van der Waals surface area contributed by atoms with E-state index in [1.54, 1.807) is 12.1 Å². The number of imidazole rings is 3. The van der Waals surface area contributed by atoms with E-state index in [1.165, 1.54) is 10.4 Å². The van der Waals surface area contributed by atoms with E-state index < -0.39 is 14.9 Å². The van der Waals surface area contributed by atoms with Gasteiger partial charge in [0.05, 0.1) is 38.6 Å². The summed E-state index contributed by atoms with van der Waals surface area (Å²) < 4.78 is 38.2. The zero-order valence-electron chi connectivity index (χ0n) is 31.7. The molecule has 0 spiro atoms. The standard InChI is InChI=1S/C46H33N5OSi/c1-30-15-11-25-38-42(30)47-45-49(36-23-9-10-24-37(36)50(38)45)32-17-13-22-35(29-32)53(33-18-5-3-6-19-33,34-20-7-4-8-21-34)41-28-14-27-40-44(41)52-46-48-43-31(2)16-12-26-39(43)51(40)46/h3-29H,1-2H3/i1D3. The molecule has 0 atom stereocenters. The molecule has 252 valence electrons. The van der Waals surface area contributed by atoms with Crippen LogP contribution in [0.25, 0.3) is 61.5 Å². The monoisotopic (exact) mass is 702 g/mol. The first-order valence-electron chi connectivity index (χ1n) is 19.3. The van der Waals surface area contributed by atoms with Gasteiger partial charge in [-0.3, -0.25) is 13.4 Å². The van der Waals surface area contributed by atoms with Crippen LogP contribution in [0.3, 0.4) is 0 Å². The van der Waals surface area contributed by atoms with Gasteiger partial charge in [0.25, 0.3) is 0 Å². The van der Waals surface area contributed by atoms with Crippen molar-refractivity contribution in [2.75, 3.05) is 0 Å². The van der Waals surface area contributed by atoms with E-state index in [-0.39, 0.29) is 5.56 Å². The van der Waals surface area contributed by atoms with Crippen LogP contribution in [0.5, 0.6) is 0 Å². The van der Waals surface area contributed by atoms with Gasteiger partial charge in [0.2, 0.25) is 5.78 Å². The molecule has 0 saturated heterocycles. The number of hydrogen-bond acceptors (Lipinski definition) is 3. The first-order valence-corrected chi connectivity index (χ1v) is 19.8. The molecule has 11 aromatic rings. The quantitative estimate of drug-likeness (QED) is 0.135. The highest BCUT2D eigenvalue weighted by molar-refractivity contribution is 7.20. The molecule has 0 unspecified atom stereocenters. The Kier molecular flexibility index (Phi) is 5.68. The highest BCUT2D eigenvalue weighted by Gasteiger charge is 2.44. The summed E-state index contributed by atoms with van der Waals surface area (Å²) in [5.41, 5.74) is 9.15. The number of rotatable bonds is 5. The lowest BCUT2D eigenvalue weighted by atomic mass is 10.2. The summed E-state index contributed by atoms with van der Waals surface area (Å²) >= 11 is 0. The van der Waals surface area contributed by atoms with Crippen molar-refractivity contribution in [1.29, 1.82) is 0 Å². The molecular formula is C46H33N5OSi. The first kappa shape index (κ1) is 27.0. The highest BCUT2D eigenvalue weighted by atomic mass is 28.3. The predicted octanol–water partition coefficient (Wildman–Crippen LogP) is 7.97. The molecule has 4 aromatic heterocycles. The van der Waals surface area contributed by atoms with Gasteiger partial charge < -0.3 is 4.42 Å². The van der Waals surface area contributed by atoms with Crippen molar-refractivity contribution >= 4 is 84.6 Å². The molecule has 6 nitrogen and oxygen atoms in total. The van der Waals surface area contributed by atoms with Crippen LogP contribution in [-0.4, -0.2) is 31.4 Å². The molecule has 7 aromatic carbocycles. The first-order chi connectivity index (χ1) is 27.3. The minimum absolute atomic E-state index is 0.239. The third-order valence-corrected chi connectivity index (χ3v) is 15.6. The van der Waals surface area contributed by atoms with E-state index in [0.717, 1.165) is 60.3 Å². The summed E-state index contributed by atoms with van der Waals surface area (Å²) in [6.07, 6.45) is 0. The molecule has 4 heterocycles. The average Bonchev–Trinajstić information content (AvgIpc) is 3.97. The number of fused-ring (bicyclic) bond motifs is 10. The lowest BCUT2D eigenvalue weighted by molar-refractivity contribution is 0.645. The van der Waals surface area contributed by atoms with Crippen LogP contribution in [0.4, 0.5) is 0 Å². The van der Waals surface area contributed by atoms with Gasteiger partial charge in [0.15, 0.2) is 13.7 Å². The fourth-order valence-electron chi connectivity index (χ4n) is 8.61. The molecule has 0 fully saturated rings. The fraction of sp³-hybridized carbons (Fsp3) is 0.0435. The molecule has 0 bridgehead atoms. The van der Waals surface area contributed by atoms with E-state index in [9.17, 15) is 0 Å². The number of para-hydroxylation sites is 5. The van der Waals surface area contributed by atoms with Gasteiger partial charge in [-0.2, -0.15) is 4.98 Å². The van der Waals surface area contributed by atoms with Crippen LogP contribution >= 0.6 is 0 Å². The van der Waals surface area contributed by atoms with Crippen LogP contribution < -0.4 is 20.7 Å². The van der Waals surface area contributed by atoms with Crippen molar-refractivity contribution in [3.63, 3.8) is 0 Å². The Labute approximate surface area is 310 Å². The third-order valence-electron chi connectivity index (χ3n) is 10.9. The minimum Gasteiger partial charge on any atom is -0.423 e. The number of aromatic nitrogens is 5. The van der Waals surface area contributed by atoms with Crippen LogP contribution in [0.2, 0.25) is 0 Å². The van der Waals surface area contributed by atoms with E-state index in [1.807, 2.05) is 18.2 Å². The van der Waals surface area contributed by atoms with Crippen molar-refractivity contribution in [2.45, 2.75) is 13.8 Å². The molecule has 0 aliphatic carbocycles. The molecule has 0 saturated carbocycles. The Balaban J connectivity index is 1.25. The third kappa shape index (κ3) is 4.08. The summed E-state index contributed by atoms with van der Waals surface area (Å²) in [5.74, 6) is 1.22.